The van der Waals surface area contributed by atoms with Crippen molar-refractivity contribution in [3.8, 4) is 0 Å². The van der Waals surface area contributed by atoms with Crippen LogP contribution in [0.1, 0.15) is 68.5 Å². The van der Waals surface area contributed by atoms with E-state index in [0.29, 0.717) is 6.61 Å². The molecular weight excluding hydrogens is 577 g/mol. The van der Waals surface area contributed by atoms with Gasteiger partial charge in [-0.15, -0.1) is 0 Å². The normalized spacial score (nSPS) is 19.8. The van der Waals surface area contributed by atoms with Crippen molar-refractivity contribution in [1.29, 1.82) is 0 Å². The van der Waals surface area contributed by atoms with E-state index in [1.165, 1.54) is 66.0 Å². The highest BCUT2D eigenvalue weighted by atomic mass is 31.1. The zero-order valence-corrected chi connectivity index (χ0v) is 28.3. The number of aliphatic imine (C=N–C) groups is 1. The van der Waals surface area contributed by atoms with Crippen LogP contribution in [-0.2, 0) is 29.4 Å². The fourth-order valence-corrected chi connectivity index (χ4v) is 11.7. The summed E-state index contributed by atoms with van der Waals surface area (Å²) in [7, 11) is -0.762. The van der Waals surface area contributed by atoms with Crippen LogP contribution in [0.3, 0.4) is 0 Å². The second-order valence-electron chi connectivity index (χ2n) is 13.8. The van der Waals surface area contributed by atoms with Gasteiger partial charge in [-0.1, -0.05) is 119 Å². The first-order chi connectivity index (χ1) is 22.4. The Morgan fingerprint density at radius 1 is 0.674 bits per heavy atom. The van der Waals surface area contributed by atoms with Gasteiger partial charge in [0.2, 0.25) is 5.90 Å². The van der Waals surface area contributed by atoms with Crippen molar-refractivity contribution in [2.45, 2.75) is 71.3 Å². The van der Waals surface area contributed by atoms with E-state index in [1.54, 1.807) is 5.56 Å². The van der Waals surface area contributed by atoms with Crippen LogP contribution in [0.4, 0.5) is 0 Å². The molecule has 0 unspecified atom stereocenters. The highest BCUT2D eigenvalue weighted by Gasteiger charge is 2.49. The summed E-state index contributed by atoms with van der Waals surface area (Å²) in [4.78, 5) is 5.23. The first kappa shape index (κ1) is 29.4. The van der Waals surface area contributed by atoms with Gasteiger partial charge in [-0.2, -0.15) is 0 Å². The molecule has 8 rings (SSSR count). The molecule has 3 heteroatoms. The van der Waals surface area contributed by atoms with Crippen LogP contribution in [0.5, 0.6) is 0 Å². The summed E-state index contributed by atoms with van der Waals surface area (Å²) in [6.45, 7) is 9.63. The number of aryl methyl sites for hydroxylation is 6. The van der Waals surface area contributed by atoms with Crippen LogP contribution in [0, 0.1) is 27.7 Å². The summed E-state index contributed by atoms with van der Waals surface area (Å²) in [6, 6.07) is 39.3. The molecular formula is C43H42NOP. The van der Waals surface area contributed by atoms with Crippen LogP contribution < -0.4 is 15.9 Å². The molecule has 0 bridgehead atoms. The van der Waals surface area contributed by atoms with E-state index in [4.69, 9.17) is 9.73 Å². The summed E-state index contributed by atoms with van der Waals surface area (Å²) >= 11 is 0. The quantitative estimate of drug-likeness (QED) is 0.176. The van der Waals surface area contributed by atoms with E-state index in [0.717, 1.165) is 38.0 Å². The molecule has 46 heavy (non-hydrogen) atoms. The molecule has 5 aromatic carbocycles. The SMILES string of the molecule is Cc1cc(C)cc(P(c2cc(C)cc(C)c2)c2cccc3c2[C@]2(CCc4cccc(C5=N[C@@H](Cc6ccccc6)CO5)c42)CC3)c1. The topological polar surface area (TPSA) is 21.6 Å². The van der Waals surface area contributed by atoms with Crippen molar-refractivity contribution < 1.29 is 4.74 Å². The van der Waals surface area contributed by atoms with Gasteiger partial charge in [0.25, 0.3) is 0 Å². The number of hydrogen-bond donors (Lipinski definition) is 0. The molecule has 2 nitrogen and oxygen atoms in total. The predicted octanol–water partition coefficient (Wildman–Crippen LogP) is 8.25. The minimum Gasteiger partial charge on any atom is -0.475 e. The van der Waals surface area contributed by atoms with Gasteiger partial charge in [-0.25, -0.2) is 4.99 Å². The van der Waals surface area contributed by atoms with Gasteiger partial charge in [-0.3, -0.25) is 0 Å². The Hall–Kier alpha value is -4.00. The standard InChI is InChI=1S/C43H42NOP/c1-28-20-29(2)23-36(22-28)46(37-24-30(3)21-31(4)25-37)39-15-9-13-34-17-19-43(41(34)39)18-16-33-12-8-14-38(40(33)43)42-44-35(27-45-42)26-32-10-6-5-7-11-32/h5-15,20-25,35H,16-19,26-27H2,1-4H3/t35-,43+/m0/s1. The minimum atomic E-state index is -0.762. The van der Waals surface area contributed by atoms with Gasteiger partial charge in [0.15, 0.2) is 0 Å². The number of ether oxygens (including phenoxy) is 1. The monoisotopic (exact) mass is 619 g/mol. The highest BCUT2D eigenvalue weighted by molar-refractivity contribution is 7.80. The van der Waals surface area contributed by atoms with Crippen LogP contribution in [-0.4, -0.2) is 18.5 Å². The first-order valence-electron chi connectivity index (χ1n) is 16.8. The lowest BCUT2D eigenvalue weighted by molar-refractivity contribution is 0.316. The van der Waals surface area contributed by atoms with Gasteiger partial charge >= 0.3 is 0 Å². The molecule has 0 aromatic heterocycles. The van der Waals surface area contributed by atoms with Crippen molar-refractivity contribution in [3.63, 3.8) is 0 Å². The maximum absolute atomic E-state index is 6.46. The molecule has 0 N–H and O–H groups in total. The third kappa shape index (κ3) is 5.12. The second kappa shape index (κ2) is 11.7. The average Bonchev–Trinajstić information content (AvgIpc) is 3.76. The second-order valence-corrected chi connectivity index (χ2v) is 16.0. The van der Waals surface area contributed by atoms with Crippen molar-refractivity contribution in [3.05, 3.63) is 159 Å². The zero-order valence-electron chi connectivity index (χ0n) is 27.4. The smallest absolute Gasteiger partial charge is 0.216 e. The lowest BCUT2D eigenvalue weighted by Gasteiger charge is -2.33. The Bertz CT molecular complexity index is 1900. The number of nitrogens with zero attached hydrogens (tertiary/aromatic N) is 1. The Morgan fingerprint density at radius 2 is 1.26 bits per heavy atom. The molecule has 1 spiro atoms. The van der Waals surface area contributed by atoms with Gasteiger partial charge in [0.1, 0.15) is 6.61 Å². The van der Waals surface area contributed by atoms with Gasteiger partial charge in [-0.05, 0) is 118 Å². The van der Waals surface area contributed by atoms with E-state index in [-0.39, 0.29) is 11.5 Å². The lowest BCUT2D eigenvalue weighted by atomic mass is 9.74. The minimum absolute atomic E-state index is 0.0282. The fraction of sp³-hybridized carbons (Fsp3) is 0.279. The van der Waals surface area contributed by atoms with Gasteiger partial charge in [0, 0.05) is 11.0 Å². The van der Waals surface area contributed by atoms with Crippen LogP contribution in [0.15, 0.2) is 108 Å². The molecule has 230 valence electrons. The molecule has 3 aliphatic rings. The van der Waals surface area contributed by atoms with Crippen molar-refractivity contribution in [2.24, 2.45) is 4.99 Å². The Morgan fingerprint density at radius 3 is 1.89 bits per heavy atom. The summed E-state index contributed by atoms with van der Waals surface area (Å²) in [6.07, 6.45) is 5.42. The van der Waals surface area contributed by atoms with Crippen molar-refractivity contribution in [2.75, 3.05) is 6.61 Å². The predicted molar refractivity (Wildman–Crippen MR) is 194 cm³/mol. The lowest BCUT2D eigenvalue weighted by Crippen LogP contribution is -2.33. The van der Waals surface area contributed by atoms with Crippen LogP contribution in [0.25, 0.3) is 0 Å². The molecule has 2 atom stereocenters. The molecule has 2 aliphatic carbocycles. The molecule has 1 aliphatic heterocycles. The summed E-state index contributed by atoms with van der Waals surface area (Å²) in [5.41, 5.74) is 13.9. The highest BCUT2D eigenvalue weighted by Crippen LogP contribution is 2.55. The first-order valence-corrected chi connectivity index (χ1v) is 18.2. The maximum Gasteiger partial charge on any atom is 0.216 e. The zero-order chi connectivity index (χ0) is 31.4. The molecule has 0 fully saturated rings. The van der Waals surface area contributed by atoms with E-state index in [1.807, 2.05) is 0 Å². The molecule has 0 amide bonds. The molecule has 5 aromatic rings. The third-order valence-corrected chi connectivity index (χ3v) is 12.7. The van der Waals surface area contributed by atoms with Crippen LogP contribution >= 0.6 is 7.92 Å². The number of hydrogen-bond acceptors (Lipinski definition) is 2. The number of rotatable bonds is 6. The van der Waals surface area contributed by atoms with Crippen LogP contribution in [0.2, 0.25) is 0 Å². The fourth-order valence-electron chi connectivity index (χ4n) is 8.67. The molecule has 0 saturated heterocycles. The summed E-state index contributed by atoms with van der Waals surface area (Å²) < 4.78 is 6.46. The third-order valence-electron chi connectivity index (χ3n) is 10.3. The van der Waals surface area contributed by atoms with E-state index in [2.05, 4.69) is 131 Å². The Labute approximate surface area is 275 Å². The van der Waals surface area contributed by atoms with E-state index < -0.39 is 7.92 Å². The molecule has 0 saturated carbocycles. The van der Waals surface area contributed by atoms with Gasteiger partial charge in [0.05, 0.1) is 6.04 Å². The number of fused-ring (bicyclic) bond motifs is 4. The van der Waals surface area contributed by atoms with E-state index in [9.17, 15) is 0 Å². The van der Waals surface area contributed by atoms with E-state index >= 15 is 0 Å². The summed E-state index contributed by atoms with van der Waals surface area (Å²) in [5.74, 6) is 0.843. The average molecular weight is 620 g/mol. The maximum atomic E-state index is 6.46. The van der Waals surface area contributed by atoms with Crippen molar-refractivity contribution >= 4 is 29.7 Å². The summed E-state index contributed by atoms with van der Waals surface area (Å²) in [5, 5.41) is 4.43. The van der Waals surface area contributed by atoms with Gasteiger partial charge < -0.3 is 4.74 Å². The Balaban J connectivity index is 1.29. The number of benzene rings is 5. The Kier molecular flexibility index (Phi) is 7.46. The molecule has 0 radical (unpaired) electrons. The molecule has 1 heterocycles. The largest absolute Gasteiger partial charge is 0.475 e. The van der Waals surface area contributed by atoms with Crippen molar-refractivity contribution in [1.82, 2.24) is 0 Å².